The van der Waals surface area contributed by atoms with E-state index in [9.17, 15) is 9.18 Å². The van der Waals surface area contributed by atoms with E-state index in [1.54, 1.807) is 6.07 Å². The molecule has 0 bridgehead atoms. The van der Waals surface area contributed by atoms with Crippen molar-refractivity contribution in [2.24, 2.45) is 17.8 Å². The van der Waals surface area contributed by atoms with Crippen LogP contribution in [-0.2, 0) is 0 Å². The van der Waals surface area contributed by atoms with E-state index < -0.39 is 5.82 Å². The van der Waals surface area contributed by atoms with Gasteiger partial charge in [-0.2, -0.15) is 0 Å². The number of hydrogen-bond acceptors (Lipinski definition) is 3. The van der Waals surface area contributed by atoms with Crippen molar-refractivity contribution >= 4 is 17.2 Å². The number of carbonyl (C=O) groups is 1. The molecule has 2 aliphatic carbocycles. The van der Waals surface area contributed by atoms with Gasteiger partial charge in [-0.3, -0.25) is 9.78 Å². The summed E-state index contributed by atoms with van der Waals surface area (Å²) in [5.41, 5.74) is 3.40. The molecule has 1 aliphatic heterocycles. The number of rotatable bonds is 5. The Balaban J connectivity index is 1.30. The lowest BCUT2D eigenvalue weighted by Gasteiger charge is -2.30. The Kier molecular flexibility index (Phi) is 4.67. The van der Waals surface area contributed by atoms with E-state index in [1.807, 2.05) is 17.0 Å². The molecule has 2 aromatic heterocycles. The van der Waals surface area contributed by atoms with Gasteiger partial charge in [0.15, 0.2) is 6.29 Å². The van der Waals surface area contributed by atoms with Crippen molar-refractivity contribution in [3.05, 3.63) is 59.8 Å². The standard InChI is InChI=1S/C26H28FN3O/c27-22-4-5-25(21(10-22)16-31)30-15-24(23-6-7-28-11-26(23)30)18-8-19-13-29(14-20(19)9-18)12-17-2-1-3-17/h4-7,10-11,15-20H,1-3,8-9,12-14H2. The number of pyridine rings is 1. The maximum atomic E-state index is 13.7. The molecule has 31 heavy (non-hydrogen) atoms. The molecule has 2 saturated carbocycles. The molecule has 0 N–H and O–H groups in total. The number of benzene rings is 1. The van der Waals surface area contributed by atoms with Crippen LogP contribution in [0.15, 0.2) is 42.9 Å². The van der Waals surface area contributed by atoms with Gasteiger partial charge in [-0.05, 0) is 79.2 Å². The molecular formula is C26H28FN3O. The summed E-state index contributed by atoms with van der Waals surface area (Å²) >= 11 is 0. The van der Waals surface area contributed by atoms with Gasteiger partial charge in [0, 0.05) is 43.0 Å². The van der Waals surface area contributed by atoms with Gasteiger partial charge in [0.25, 0.3) is 0 Å². The van der Waals surface area contributed by atoms with Crippen molar-refractivity contribution in [3.63, 3.8) is 0 Å². The summed E-state index contributed by atoms with van der Waals surface area (Å²) in [5.74, 6) is 2.68. The second kappa shape index (κ2) is 7.56. The molecule has 0 amide bonds. The highest BCUT2D eigenvalue weighted by atomic mass is 19.1. The molecule has 5 heteroatoms. The van der Waals surface area contributed by atoms with Crippen LogP contribution >= 0.6 is 0 Å². The molecule has 0 spiro atoms. The van der Waals surface area contributed by atoms with E-state index in [2.05, 4.69) is 22.1 Å². The molecule has 2 atom stereocenters. The smallest absolute Gasteiger partial charge is 0.152 e. The molecule has 1 saturated heterocycles. The maximum Gasteiger partial charge on any atom is 0.152 e. The predicted molar refractivity (Wildman–Crippen MR) is 119 cm³/mol. The molecule has 1 aromatic carbocycles. The average molecular weight is 418 g/mol. The Morgan fingerprint density at radius 3 is 2.65 bits per heavy atom. The summed E-state index contributed by atoms with van der Waals surface area (Å²) in [5, 5.41) is 1.20. The van der Waals surface area contributed by atoms with Crippen LogP contribution in [0.3, 0.4) is 0 Å². The van der Waals surface area contributed by atoms with Crippen molar-refractivity contribution in [1.82, 2.24) is 14.5 Å². The van der Waals surface area contributed by atoms with E-state index in [0.717, 1.165) is 29.6 Å². The van der Waals surface area contributed by atoms with Crippen LogP contribution in [0.4, 0.5) is 4.39 Å². The summed E-state index contributed by atoms with van der Waals surface area (Å²) in [6, 6.07) is 6.50. The number of fused-ring (bicyclic) bond motifs is 2. The van der Waals surface area contributed by atoms with Crippen LogP contribution in [0, 0.1) is 23.6 Å². The third-order valence-electron chi connectivity index (χ3n) is 8.02. The molecule has 3 fully saturated rings. The SMILES string of the molecule is O=Cc1cc(F)ccc1-n1cc(C2CC3CN(CC4CCC4)CC3C2)c2ccncc21. The number of nitrogens with zero attached hydrogens (tertiary/aromatic N) is 3. The zero-order valence-corrected chi connectivity index (χ0v) is 17.7. The minimum atomic E-state index is -0.393. The Morgan fingerprint density at radius 1 is 1.13 bits per heavy atom. The monoisotopic (exact) mass is 417 g/mol. The van der Waals surface area contributed by atoms with Gasteiger partial charge in [-0.1, -0.05) is 6.42 Å². The summed E-state index contributed by atoms with van der Waals surface area (Å²) in [4.78, 5) is 18.7. The van der Waals surface area contributed by atoms with Crippen molar-refractivity contribution < 1.29 is 9.18 Å². The number of likely N-dealkylation sites (tertiary alicyclic amines) is 1. The fraction of sp³-hybridized carbons (Fsp3) is 0.462. The first-order chi connectivity index (χ1) is 15.2. The zero-order valence-electron chi connectivity index (χ0n) is 17.7. The lowest BCUT2D eigenvalue weighted by Crippen LogP contribution is -2.31. The second-order valence-electron chi connectivity index (χ2n) is 9.87. The van der Waals surface area contributed by atoms with Crippen LogP contribution in [0.25, 0.3) is 16.6 Å². The molecule has 4 nitrogen and oxygen atoms in total. The highest BCUT2D eigenvalue weighted by molar-refractivity contribution is 5.88. The summed E-state index contributed by atoms with van der Waals surface area (Å²) in [6.45, 7) is 3.82. The number of carbonyl (C=O) groups excluding carboxylic acids is 1. The quantitative estimate of drug-likeness (QED) is 0.536. The number of aldehydes is 1. The topological polar surface area (TPSA) is 38.1 Å². The molecule has 2 unspecified atom stereocenters. The third-order valence-corrected chi connectivity index (χ3v) is 8.02. The van der Waals surface area contributed by atoms with E-state index in [1.165, 1.54) is 74.8 Å². The molecule has 160 valence electrons. The summed E-state index contributed by atoms with van der Waals surface area (Å²) in [6.07, 6.45) is 13.3. The Labute approximate surface area is 182 Å². The van der Waals surface area contributed by atoms with Gasteiger partial charge in [0.2, 0.25) is 0 Å². The van der Waals surface area contributed by atoms with Crippen LogP contribution in [0.2, 0.25) is 0 Å². The molecule has 3 aliphatic rings. The minimum Gasteiger partial charge on any atom is -0.314 e. The maximum absolute atomic E-state index is 13.7. The van der Waals surface area contributed by atoms with Gasteiger partial charge < -0.3 is 9.47 Å². The highest BCUT2D eigenvalue weighted by Crippen LogP contribution is 2.48. The van der Waals surface area contributed by atoms with Crippen LogP contribution in [0.1, 0.15) is 53.9 Å². The largest absolute Gasteiger partial charge is 0.314 e. The first-order valence-electron chi connectivity index (χ1n) is 11.6. The normalized spacial score (nSPS) is 26.3. The Hall–Kier alpha value is -2.53. The van der Waals surface area contributed by atoms with Gasteiger partial charge in [0.05, 0.1) is 17.4 Å². The molecule has 6 rings (SSSR count). The first-order valence-corrected chi connectivity index (χ1v) is 11.6. The van der Waals surface area contributed by atoms with Crippen LogP contribution < -0.4 is 0 Å². The van der Waals surface area contributed by atoms with Crippen molar-refractivity contribution in [1.29, 1.82) is 0 Å². The van der Waals surface area contributed by atoms with Gasteiger partial charge in [-0.15, -0.1) is 0 Å². The number of halogens is 1. The van der Waals surface area contributed by atoms with Crippen molar-refractivity contribution in [2.75, 3.05) is 19.6 Å². The van der Waals surface area contributed by atoms with E-state index in [-0.39, 0.29) is 0 Å². The lowest BCUT2D eigenvalue weighted by molar-refractivity contribution is 0.112. The lowest BCUT2D eigenvalue weighted by atomic mass is 9.85. The summed E-state index contributed by atoms with van der Waals surface area (Å²) in [7, 11) is 0. The number of hydrogen-bond donors (Lipinski definition) is 0. The first kappa shape index (κ1) is 19.2. The van der Waals surface area contributed by atoms with Gasteiger partial charge in [-0.25, -0.2) is 4.39 Å². The highest BCUT2D eigenvalue weighted by Gasteiger charge is 2.42. The molecule has 3 aromatic rings. The summed E-state index contributed by atoms with van der Waals surface area (Å²) < 4.78 is 15.7. The third kappa shape index (κ3) is 3.30. The van der Waals surface area contributed by atoms with Gasteiger partial charge >= 0.3 is 0 Å². The van der Waals surface area contributed by atoms with E-state index in [0.29, 0.717) is 17.2 Å². The van der Waals surface area contributed by atoms with Crippen LogP contribution in [0.5, 0.6) is 0 Å². The average Bonchev–Trinajstić information content (AvgIpc) is 3.41. The van der Waals surface area contributed by atoms with Crippen molar-refractivity contribution in [2.45, 2.75) is 38.0 Å². The fourth-order valence-corrected chi connectivity index (χ4v) is 6.30. The Morgan fingerprint density at radius 2 is 1.94 bits per heavy atom. The fourth-order valence-electron chi connectivity index (χ4n) is 6.30. The molecule has 0 radical (unpaired) electrons. The molecule has 3 heterocycles. The van der Waals surface area contributed by atoms with E-state index in [4.69, 9.17) is 0 Å². The zero-order chi connectivity index (χ0) is 20.9. The second-order valence-corrected chi connectivity index (χ2v) is 9.87. The molecular weight excluding hydrogens is 389 g/mol. The predicted octanol–water partition coefficient (Wildman–Crippen LogP) is 5.20. The minimum absolute atomic E-state index is 0.363. The Bertz CT molecular complexity index is 1120. The van der Waals surface area contributed by atoms with Crippen molar-refractivity contribution in [3.8, 4) is 5.69 Å². The van der Waals surface area contributed by atoms with E-state index >= 15 is 0 Å². The van der Waals surface area contributed by atoms with Gasteiger partial charge in [0.1, 0.15) is 5.82 Å². The number of aromatic nitrogens is 2. The van der Waals surface area contributed by atoms with Crippen LogP contribution in [-0.4, -0.2) is 40.4 Å².